The molecule has 1 fully saturated rings. The molecule has 0 spiro atoms. The number of aromatic nitrogens is 2. The smallest absolute Gasteiger partial charge is 0.274 e. The third-order valence-corrected chi connectivity index (χ3v) is 5.32. The van der Waals surface area contributed by atoms with Gasteiger partial charge in [0.2, 0.25) is 0 Å². The van der Waals surface area contributed by atoms with Gasteiger partial charge in [-0.3, -0.25) is 14.7 Å². The Morgan fingerprint density at radius 3 is 2.79 bits per heavy atom. The number of halogens is 1. The molecule has 0 aliphatic carbocycles. The topological polar surface area (TPSA) is 52.6 Å². The lowest BCUT2D eigenvalue weighted by Gasteiger charge is -2.36. The summed E-state index contributed by atoms with van der Waals surface area (Å²) in [6, 6.07) is 6.96. The van der Waals surface area contributed by atoms with Crippen molar-refractivity contribution in [2.24, 2.45) is 5.92 Å². The van der Waals surface area contributed by atoms with E-state index in [9.17, 15) is 9.18 Å². The monoisotopic (exact) mass is 399 g/mol. The van der Waals surface area contributed by atoms with Crippen LogP contribution in [0.1, 0.15) is 28.9 Å². The Morgan fingerprint density at radius 1 is 1.24 bits per heavy atom. The maximum Gasteiger partial charge on any atom is 0.274 e. The van der Waals surface area contributed by atoms with Gasteiger partial charge in [0.05, 0.1) is 6.20 Å². The Labute approximate surface area is 172 Å². The molecule has 0 saturated carbocycles. The third-order valence-electron chi connectivity index (χ3n) is 5.32. The van der Waals surface area contributed by atoms with Crippen LogP contribution in [-0.4, -0.2) is 77.4 Å². The van der Waals surface area contributed by atoms with Crippen LogP contribution in [0.4, 0.5) is 4.39 Å². The molecule has 0 radical (unpaired) electrons. The van der Waals surface area contributed by atoms with E-state index in [1.54, 1.807) is 18.5 Å². The van der Waals surface area contributed by atoms with E-state index in [1.807, 2.05) is 31.1 Å². The van der Waals surface area contributed by atoms with E-state index >= 15 is 0 Å². The van der Waals surface area contributed by atoms with Crippen molar-refractivity contribution < 1.29 is 9.18 Å². The predicted octanol–water partition coefficient (Wildman–Crippen LogP) is 2.53. The molecule has 1 aromatic heterocycles. The van der Waals surface area contributed by atoms with Crippen molar-refractivity contribution >= 4 is 5.91 Å². The number of piperidine rings is 1. The van der Waals surface area contributed by atoms with Gasteiger partial charge in [0, 0.05) is 50.7 Å². The van der Waals surface area contributed by atoms with Crippen molar-refractivity contribution in [3.63, 3.8) is 0 Å². The van der Waals surface area contributed by atoms with Crippen LogP contribution in [0.25, 0.3) is 0 Å². The van der Waals surface area contributed by atoms with E-state index in [2.05, 4.69) is 19.8 Å². The molecule has 1 atom stereocenters. The highest BCUT2D eigenvalue weighted by atomic mass is 19.1. The first-order chi connectivity index (χ1) is 14.0. The van der Waals surface area contributed by atoms with Gasteiger partial charge in [0.25, 0.3) is 5.91 Å². The van der Waals surface area contributed by atoms with Crippen LogP contribution >= 0.6 is 0 Å². The molecule has 0 unspecified atom stereocenters. The highest BCUT2D eigenvalue weighted by molar-refractivity contribution is 5.91. The fraction of sp³-hybridized carbons (Fsp3) is 0.500. The number of amides is 1. The molecule has 3 rings (SSSR count). The molecule has 156 valence electrons. The van der Waals surface area contributed by atoms with Crippen molar-refractivity contribution in [2.45, 2.75) is 19.4 Å². The molecule has 1 aliphatic heterocycles. The maximum absolute atomic E-state index is 14.0. The second-order valence-electron chi connectivity index (χ2n) is 7.98. The van der Waals surface area contributed by atoms with Gasteiger partial charge < -0.3 is 9.80 Å². The average molecular weight is 400 g/mol. The van der Waals surface area contributed by atoms with Crippen LogP contribution in [0.3, 0.4) is 0 Å². The first-order valence-electron chi connectivity index (χ1n) is 10.2. The van der Waals surface area contributed by atoms with E-state index in [0.29, 0.717) is 31.2 Å². The summed E-state index contributed by atoms with van der Waals surface area (Å²) in [5, 5.41) is 0. The summed E-state index contributed by atoms with van der Waals surface area (Å²) in [5.41, 5.74) is 1.11. The number of benzene rings is 1. The van der Waals surface area contributed by atoms with Gasteiger partial charge >= 0.3 is 0 Å². The van der Waals surface area contributed by atoms with Gasteiger partial charge in [-0.05, 0) is 45.5 Å². The SMILES string of the molecule is CN(C)CCN(C[C@@H]1CCCN(Cc2ccccc2F)C1)C(=O)c1cnccn1. The number of hydrogen-bond donors (Lipinski definition) is 0. The predicted molar refractivity (Wildman–Crippen MR) is 111 cm³/mol. The number of hydrogen-bond acceptors (Lipinski definition) is 5. The van der Waals surface area contributed by atoms with Gasteiger partial charge in [0.1, 0.15) is 11.5 Å². The van der Waals surface area contributed by atoms with Crippen molar-refractivity contribution in [3.8, 4) is 0 Å². The quantitative estimate of drug-likeness (QED) is 0.683. The minimum atomic E-state index is -0.153. The van der Waals surface area contributed by atoms with Crippen LogP contribution < -0.4 is 0 Å². The number of nitrogens with zero attached hydrogens (tertiary/aromatic N) is 5. The summed E-state index contributed by atoms with van der Waals surface area (Å²) in [5.74, 6) is 0.129. The Kier molecular flexibility index (Phi) is 7.66. The van der Waals surface area contributed by atoms with Gasteiger partial charge in [-0.1, -0.05) is 18.2 Å². The first-order valence-corrected chi connectivity index (χ1v) is 10.2. The molecule has 1 aliphatic rings. The number of rotatable bonds is 8. The van der Waals surface area contributed by atoms with E-state index in [1.165, 1.54) is 12.3 Å². The second-order valence-corrected chi connectivity index (χ2v) is 7.98. The highest BCUT2D eigenvalue weighted by Crippen LogP contribution is 2.21. The standard InChI is InChI=1S/C22H30FN5O/c1-26(2)12-13-28(22(29)21-14-24-9-10-25-21)16-18-6-5-11-27(15-18)17-19-7-3-4-8-20(19)23/h3-4,7-10,14,18H,5-6,11-13,15-17H2,1-2H3/t18-/m1/s1. The zero-order valence-corrected chi connectivity index (χ0v) is 17.3. The maximum atomic E-state index is 14.0. The zero-order chi connectivity index (χ0) is 20.6. The molecule has 2 aromatic rings. The molecule has 0 N–H and O–H groups in total. The number of carbonyl (C=O) groups excluding carboxylic acids is 1. The lowest BCUT2D eigenvalue weighted by atomic mass is 9.96. The molecule has 6 nitrogen and oxygen atoms in total. The number of likely N-dealkylation sites (tertiary alicyclic amines) is 1. The third kappa shape index (κ3) is 6.30. The van der Waals surface area contributed by atoms with Crippen molar-refractivity contribution in [1.82, 2.24) is 24.7 Å². The fourth-order valence-corrected chi connectivity index (χ4v) is 3.79. The number of likely N-dealkylation sites (N-methyl/N-ethyl adjacent to an activating group) is 1. The summed E-state index contributed by atoms with van der Waals surface area (Å²) in [7, 11) is 4.00. The summed E-state index contributed by atoms with van der Waals surface area (Å²) in [6.45, 7) is 4.54. The molecular weight excluding hydrogens is 369 g/mol. The van der Waals surface area contributed by atoms with Crippen LogP contribution in [0, 0.1) is 11.7 Å². The fourth-order valence-electron chi connectivity index (χ4n) is 3.79. The summed E-state index contributed by atoms with van der Waals surface area (Å²) >= 11 is 0. The minimum absolute atomic E-state index is 0.0776. The van der Waals surface area contributed by atoms with Crippen molar-refractivity contribution in [1.29, 1.82) is 0 Å². The lowest BCUT2D eigenvalue weighted by Crippen LogP contribution is -2.44. The van der Waals surface area contributed by atoms with E-state index in [0.717, 1.165) is 38.0 Å². The highest BCUT2D eigenvalue weighted by Gasteiger charge is 2.26. The lowest BCUT2D eigenvalue weighted by molar-refractivity contribution is 0.0654. The molecule has 7 heteroatoms. The van der Waals surface area contributed by atoms with Crippen LogP contribution in [0.5, 0.6) is 0 Å². The van der Waals surface area contributed by atoms with Gasteiger partial charge in [-0.25, -0.2) is 9.37 Å². The van der Waals surface area contributed by atoms with Crippen LogP contribution in [0.2, 0.25) is 0 Å². The normalized spacial score (nSPS) is 17.4. The van der Waals surface area contributed by atoms with E-state index in [4.69, 9.17) is 0 Å². The Balaban J connectivity index is 1.64. The van der Waals surface area contributed by atoms with Gasteiger partial charge in [-0.2, -0.15) is 0 Å². The van der Waals surface area contributed by atoms with Crippen molar-refractivity contribution in [2.75, 3.05) is 46.8 Å². The van der Waals surface area contributed by atoms with Crippen LogP contribution in [0.15, 0.2) is 42.9 Å². The van der Waals surface area contributed by atoms with Gasteiger partial charge in [-0.15, -0.1) is 0 Å². The molecule has 1 saturated heterocycles. The molecule has 1 aromatic carbocycles. The Bertz CT molecular complexity index is 786. The first kappa shape index (κ1) is 21.3. The van der Waals surface area contributed by atoms with E-state index < -0.39 is 0 Å². The molecule has 1 amide bonds. The summed E-state index contributed by atoms with van der Waals surface area (Å²) in [4.78, 5) is 27.5. The molecule has 0 bridgehead atoms. The van der Waals surface area contributed by atoms with Crippen LogP contribution in [-0.2, 0) is 6.54 Å². The summed E-state index contributed by atoms with van der Waals surface area (Å²) in [6.07, 6.45) is 6.77. The Hall–Kier alpha value is -2.38. The second kappa shape index (κ2) is 10.4. The zero-order valence-electron chi connectivity index (χ0n) is 17.3. The largest absolute Gasteiger partial charge is 0.336 e. The summed E-state index contributed by atoms with van der Waals surface area (Å²) < 4.78 is 14.0. The molecule has 29 heavy (non-hydrogen) atoms. The number of carbonyl (C=O) groups is 1. The minimum Gasteiger partial charge on any atom is -0.336 e. The average Bonchev–Trinajstić information content (AvgIpc) is 2.73. The van der Waals surface area contributed by atoms with Crippen molar-refractivity contribution in [3.05, 3.63) is 59.9 Å². The Morgan fingerprint density at radius 2 is 2.07 bits per heavy atom. The molecule has 2 heterocycles. The molecular formula is C22H30FN5O. The van der Waals surface area contributed by atoms with Gasteiger partial charge in [0.15, 0.2) is 0 Å². The van der Waals surface area contributed by atoms with E-state index in [-0.39, 0.29) is 11.7 Å².